The van der Waals surface area contributed by atoms with Crippen molar-refractivity contribution >= 4 is 39.1 Å². The van der Waals surface area contributed by atoms with Gasteiger partial charge in [0.05, 0.1) is 39.9 Å². The van der Waals surface area contributed by atoms with Crippen LogP contribution in [0, 0.1) is 0 Å². The Morgan fingerprint density at radius 3 is 2.34 bits per heavy atom. The zero-order valence-electron chi connectivity index (χ0n) is 17.4. The molecule has 2 aromatic rings. The predicted molar refractivity (Wildman–Crippen MR) is 121 cm³/mol. The molecule has 32 heavy (non-hydrogen) atoms. The van der Waals surface area contributed by atoms with Crippen LogP contribution in [0.3, 0.4) is 0 Å². The minimum atomic E-state index is -3.70. The van der Waals surface area contributed by atoms with E-state index >= 15 is 0 Å². The average Bonchev–Trinajstić information content (AvgIpc) is 3.36. The molecule has 0 aliphatic carbocycles. The van der Waals surface area contributed by atoms with Gasteiger partial charge in [0, 0.05) is 26.2 Å². The second kappa shape index (κ2) is 9.58. The third kappa shape index (κ3) is 4.66. The van der Waals surface area contributed by atoms with Gasteiger partial charge in [-0.3, -0.25) is 9.59 Å². The summed E-state index contributed by atoms with van der Waals surface area (Å²) < 4.78 is 32.5. The Labute approximate surface area is 192 Å². The lowest BCUT2D eigenvalue weighted by Crippen LogP contribution is -2.41. The number of nitrogens with zero attached hydrogens (tertiary/aromatic N) is 2. The molecule has 2 aromatic carbocycles. The first-order valence-corrected chi connectivity index (χ1v) is 12.3. The van der Waals surface area contributed by atoms with Crippen molar-refractivity contribution in [3.8, 4) is 0 Å². The van der Waals surface area contributed by atoms with Crippen LogP contribution < -0.4 is 5.32 Å². The predicted octanol–water partition coefficient (Wildman–Crippen LogP) is 2.85. The second-order valence-corrected chi connectivity index (χ2v) is 10.0. The molecule has 2 amide bonds. The van der Waals surface area contributed by atoms with Gasteiger partial charge in [0.25, 0.3) is 11.8 Å². The van der Waals surface area contributed by atoms with E-state index in [-0.39, 0.29) is 21.4 Å². The summed E-state index contributed by atoms with van der Waals surface area (Å²) in [5, 5.41) is 2.85. The van der Waals surface area contributed by atoms with E-state index in [4.69, 9.17) is 16.3 Å². The van der Waals surface area contributed by atoms with Crippen molar-refractivity contribution < 1.29 is 22.7 Å². The molecule has 0 unspecified atom stereocenters. The lowest BCUT2D eigenvalue weighted by molar-refractivity contribution is 0.0303. The Morgan fingerprint density at radius 1 is 0.938 bits per heavy atom. The van der Waals surface area contributed by atoms with E-state index in [2.05, 4.69) is 5.32 Å². The van der Waals surface area contributed by atoms with E-state index in [0.29, 0.717) is 50.6 Å². The van der Waals surface area contributed by atoms with Gasteiger partial charge in [0.1, 0.15) is 0 Å². The zero-order valence-corrected chi connectivity index (χ0v) is 19.0. The van der Waals surface area contributed by atoms with Crippen molar-refractivity contribution in [3.63, 3.8) is 0 Å². The highest BCUT2D eigenvalue weighted by atomic mass is 35.5. The summed E-state index contributed by atoms with van der Waals surface area (Å²) >= 11 is 6.23. The number of carbonyl (C=O) groups excluding carboxylic acids is 2. The molecule has 10 heteroatoms. The number of sulfonamides is 1. The van der Waals surface area contributed by atoms with Crippen LogP contribution in [0.25, 0.3) is 0 Å². The first kappa shape index (κ1) is 22.7. The molecule has 0 bridgehead atoms. The Hall–Kier alpha value is -2.46. The number of nitrogens with one attached hydrogen (secondary N) is 1. The maximum absolute atomic E-state index is 13.0. The van der Waals surface area contributed by atoms with E-state index in [1.807, 2.05) is 0 Å². The number of amides is 2. The van der Waals surface area contributed by atoms with Gasteiger partial charge in [-0.25, -0.2) is 8.42 Å². The molecule has 0 spiro atoms. The standard InChI is InChI=1S/C22H24ClN3O5S/c23-19-8-7-16(32(29,30)26-9-3-4-10-26)15-18(19)21(27)24-20-6-2-1-5-17(20)22(28)25-11-13-31-14-12-25/h1-2,5-8,15H,3-4,9-14H2,(H,24,27). The molecule has 170 valence electrons. The molecular weight excluding hydrogens is 454 g/mol. The largest absolute Gasteiger partial charge is 0.378 e. The molecule has 2 aliphatic heterocycles. The summed E-state index contributed by atoms with van der Waals surface area (Å²) in [6.07, 6.45) is 1.63. The first-order chi connectivity index (χ1) is 15.4. The van der Waals surface area contributed by atoms with Gasteiger partial charge in [-0.05, 0) is 43.2 Å². The van der Waals surface area contributed by atoms with Gasteiger partial charge >= 0.3 is 0 Å². The highest BCUT2D eigenvalue weighted by molar-refractivity contribution is 7.89. The minimum Gasteiger partial charge on any atom is -0.378 e. The topological polar surface area (TPSA) is 96.0 Å². The number of para-hydroxylation sites is 1. The number of anilines is 1. The lowest BCUT2D eigenvalue weighted by Gasteiger charge is -2.27. The van der Waals surface area contributed by atoms with Crippen molar-refractivity contribution in [2.75, 3.05) is 44.7 Å². The number of rotatable bonds is 5. The molecule has 0 atom stereocenters. The summed E-state index contributed by atoms with van der Waals surface area (Å²) in [5.74, 6) is -0.795. The van der Waals surface area contributed by atoms with Crippen LogP contribution in [-0.4, -0.2) is 68.8 Å². The van der Waals surface area contributed by atoms with Crippen molar-refractivity contribution in [2.45, 2.75) is 17.7 Å². The molecule has 8 nitrogen and oxygen atoms in total. The number of hydrogen-bond donors (Lipinski definition) is 1. The fourth-order valence-corrected chi connectivity index (χ4v) is 5.57. The highest BCUT2D eigenvalue weighted by Crippen LogP contribution is 2.27. The summed E-state index contributed by atoms with van der Waals surface area (Å²) in [6.45, 7) is 2.81. The Kier molecular flexibility index (Phi) is 6.80. The molecule has 2 saturated heterocycles. The number of hydrogen-bond acceptors (Lipinski definition) is 5. The Morgan fingerprint density at radius 2 is 1.62 bits per heavy atom. The first-order valence-electron chi connectivity index (χ1n) is 10.4. The number of carbonyl (C=O) groups is 2. The fraction of sp³-hybridized carbons (Fsp3) is 0.364. The van der Waals surface area contributed by atoms with E-state index in [9.17, 15) is 18.0 Å². The third-order valence-corrected chi connectivity index (χ3v) is 7.81. The molecule has 1 N–H and O–H groups in total. The quantitative estimate of drug-likeness (QED) is 0.714. The monoisotopic (exact) mass is 477 g/mol. The molecule has 2 heterocycles. The van der Waals surface area contributed by atoms with Crippen LogP contribution in [0.1, 0.15) is 33.6 Å². The van der Waals surface area contributed by atoms with Gasteiger partial charge in [-0.15, -0.1) is 0 Å². The Bertz CT molecular complexity index is 1130. The smallest absolute Gasteiger partial charge is 0.257 e. The van der Waals surface area contributed by atoms with Gasteiger partial charge in [0.2, 0.25) is 10.0 Å². The van der Waals surface area contributed by atoms with Gasteiger partial charge in [0.15, 0.2) is 0 Å². The van der Waals surface area contributed by atoms with Crippen LogP contribution in [0.4, 0.5) is 5.69 Å². The Balaban J connectivity index is 1.59. The van der Waals surface area contributed by atoms with Crippen LogP contribution in [-0.2, 0) is 14.8 Å². The summed E-state index contributed by atoms with van der Waals surface area (Å²) in [4.78, 5) is 27.7. The number of ether oxygens (including phenoxy) is 1. The SMILES string of the molecule is O=C(Nc1ccccc1C(=O)N1CCOCC1)c1cc(S(=O)(=O)N2CCCC2)ccc1Cl. The minimum absolute atomic E-state index is 0.0200. The van der Waals surface area contributed by atoms with Crippen LogP contribution in [0.15, 0.2) is 47.4 Å². The number of morpholine rings is 1. The van der Waals surface area contributed by atoms with Crippen molar-refractivity contribution in [1.29, 1.82) is 0 Å². The number of benzene rings is 2. The highest BCUT2D eigenvalue weighted by Gasteiger charge is 2.29. The normalized spacial score (nSPS) is 17.3. The van der Waals surface area contributed by atoms with Crippen molar-refractivity contribution in [3.05, 3.63) is 58.6 Å². The van der Waals surface area contributed by atoms with E-state index < -0.39 is 15.9 Å². The van der Waals surface area contributed by atoms with Crippen molar-refractivity contribution in [1.82, 2.24) is 9.21 Å². The van der Waals surface area contributed by atoms with Crippen molar-refractivity contribution in [2.24, 2.45) is 0 Å². The second-order valence-electron chi connectivity index (χ2n) is 7.66. The molecule has 2 fully saturated rings. The summed E-state index contributed by atoms with van der Waals surface area (Å²) in [6, 6.07) is 10.8. The number of halogens is 1. The van der Waals surface area contributed by atoms with Crippen LogP contribution >= 0.6 is 11.6 Å². The maximum Gasteiger partial charge on any atom is 0.257 e. The molecule has 4 rings (SSSR count). The lowest BCUT2D eigenvalue weighted by atomic mass is 10.1. The molecule has 2 aliphatic rings. The van der Waals surface area contributed by atoms with E-state index in [1.165, 1.54) is 22.5 Å². The zero-order chi connectivity index (χ0) is 22.7. The molecule has 0 radical (unpaired) electrons. The molecule has 0 aromatic heterocycles. The van der Waals surface area contributed by atoms with Gasteiger partial charge < -0.3 is 15.0 Å². The van der Waals surface area contributed by atoms with E-state index in [0.717, 1.165) is 12.8 Å². The average molecular weight is 478 g/mol. The van der Waals surface area contributed by atoms with Crippen LogP contribution in [0.2, 0.25) is 5.02 Å². The summed E-state index contributed by atoms with van der Waals surface area (Å²) in [7, 11) is -3.70. The summed E-state index contributed by atoms with van der Waals surface area (Å²) in [5.41, 5.74) is 0.707. The molecular formula is C22H24ClN3O5S. The molecule has 0 saturated carbocycles. The van der Waals surface area contributed by atoms with E-state index in [1.54, 1.807) is 29.2 Å². The van der Waals surface area contributed by atoms with Crippen LogP contribution in [0.5, 0.6) is 0 Å². The maximum atomic E-state index is 13.0. The third-order valence-electron chi connectivity index (χ3n) is 5.59. The van der Waals surface area contributed by atoms with Gasteiger partial charge in [-0.1, -0.05) is 23.7 Å². The fourth-order valence-electron chi connectivity index (χ4n) is 3.82. The van der Waals surface area contributed by atoms with Gasteiger partial charge in [-0.2, -0.15) is 4.31 Å².